The van der Waals surface area contributed by atoms with Gasteiger partial charge in [-0.2, -0.15) is 0 Å². The Bertz CT molecular complexity index is 1160. The van der Waals surface area contributed by atoms with Crippen LogP contribution in [0.4, 0.5) is 11.4 Å². The van der Waals surface area contributed by atoms with Crippen molar-refractivity contribution >= 4 is 29.1 Å². The number of amides is 3. The van der Waals surface area contributed by atoms with E-state index in [0.29, 0.717) is 30.0 Å². The Labute approximate surface area is 198 Å². The summed E-state index contributed by atoms with van der Waals surface area (Å²) in [6.07, 6.45) is 0.954. The second-order valence-corrected chi connectivity index (χ2v) is 8.88. The molecule has 2 heterocycles. The molecule has 0 saturated carbocycles. The average Bonchev–Trinajstić information content (AvgIpc) is 3.34. The molecular weight excluding hydrogens is 436 g/mol. The summed E-state index contributed by atoms with van der Waals surface area (Å²) >= 11 is 0. The molecule has 9 heteroatoms. The van der Waals surface area contributed by atoms with Crippen LogP contribution in [0, 0.1) is 19.8 Å². The fraction of sp³-hybridized carbons (Fsp3) is 0.400. The van der Waals surface area contributed by atoms with E-state index >= 15 is 0 Å². The van der Waals surface area contributed by atoms with Gasteiger partial charge in [0, 0.05) is 29.8 Å². The quantitative estimate of drug-likeness (QED) is 0.495. The summed E-state index contributed by atoms with van der Waals surface area (Å²) < 4.78 is 10.7. The third kappa shape index (κ3) is 3.86. The first-order chi connectivity index (χ1) is 16.2. The van der Waals surface area contributed by atoms with Gasteiger partial charge in [0.15, 0.2) is 0 Å². The van der Waals surface area contributed by atoms with Crippen molar-refractivity contribution in [2.24, 2.45) is 11.7 Å². The van der Waals surface area contributed by atoms with Crippen LogP contribution in [0.2, 0.25) is 0 Å². The lowest BCUT2D eigenvalue weighted by Gasteiger charge is -2.29. The number of rotatable bonds is 7. The average molecular weight is 467 g/mol. The second kappa shape index (κ2) is 8.98. The molecule has 180 valence electrons. The van der Waals surface area contributed by atoms with Gasteiger partial charge >= 0.3 is 0 Å². The van der Waals surface area contributed by atoms with Crippen molar-refractivity contribution in [1.82, 2.24) is 5.32 Å². The number of benzene rings is 2. The molecule has 5 N–H and O–H groups in total. The first kappa shape index (κ1) is 23.6. The van der Waals surface area contributed by atoms with Gasteiger partial charge in [-0.25, -0.2) is 0 Å². The number of anilines is 2. The first-order valence-corrected chi connectivity index (χ1v) is 11.2. The number of aryl methyl sites for hydroxylation is 1. The predicted octanol–water partition coefficient (Wildman–Crippen LogP) is 2.35. The number of nitrogens with two attached hydrogens (primary N) is 1. The Balaban J connectivity index is 1.74. The second-order valence-electron chi connectivity index (χ2n) is 8.88. The smallest absolute Gasteiger partial charge is 0.250 e. The van der Waals surface area contributed by atoms with E-state index in [0.717, 1.165) is 22.4 Å². The molecule has 2 aliphatic rings. The highest BCUT2D eigenvalue weighted by Gasteiger charge is 2.60. The van der Waals surface area contributed by atoms with Crippen molar-refractivity contribution in [3.63, 3.8) is 0 Å². The lowest BCUT2D eigenvalue weighted by atomic mass is 9.78. The van der Waals surface area contributed by atoms with Crippen LogP contribution < -0.4 is 31.2 Å². The maximum Gasteiger partial charge on any atom is 0.250 e. The van der Waals surface area contributed by atoms with Crippen molar-refractivity contribution in [3.05, 3.63) is 47.0 Å². The van der Waals surface area contributed by atoms with E-state index in [-0.39, 0.29) is 24.3 Å². The Hall–Kier alpha value is -3.59. The summed E-state index contributed by atoms with van der Waals surface area (Å²) in [6, 6.07) is 8.72. The van der Waals surface area contributed by atoms with E-state index in [2.05, 4.69) is 16.0 Å². The Morgan fingerprint density at radius 3 is 2.62 bits per heavy atom. The molecule has 2 aromatic carbocycles. The lowest BCUT2D eigenvalue weighted by molar-refractivity contribution is -0.130. The maximum atomic E-state index is 13.7. The van der Waals surface area contributed by atoms with Crippen LogP contribution in [0.25, 0.3) is 0 Å². The van der Waals surface area contributed by atoms with Gasteiger partial charge in [0.1, 0.15) is 17.0 Å². The fourth-order valence-corrected chi connectivity index (χ4v) is 5.01. The van der Waals surface area contributed by atoms with Crippen molar-refractivity contribution in [1.29, 1.82) is 0 Å². The van der Waals surface area contributed by atoms with Crippen molar-refractivity contribution < 1.29 is 23.9 Å². The topological polar surface area (TPSA) is 132 Å². The molecule has 9 nitrogen and oxygen atoms in total. The van der Waals surface area contributed by atoms with E-state index < -0.39 is 17.4 Å². The lowest BCUT2D eigenvalue weighted by Crippen LogP contribution is -2.52. The number of hydrogen-bond donors (Lipinski definition) is 4. The Morgan fingerprint density at radius 1 is 1.18 bits per heavy atom. The van der Waals surface area contributed by atoms with Gasteiger partial charge in [-0.3, -0.25) is 19.7 Å². The van der Waals surface area contributed by atoms with Gasteiger partial charge < -0.3 is 25.8 Å². The van der Waals surface area contributed by atoms with Crippen LogP contribution in [-0.4, -0.2) is 38.0 Å². The summed E-state index contributed by atoms with van der Waals surface area (Å²) in [5.74, 6) is -0.735. The van der Waals surface area contributed by atoms with Gasteiger partial charge in [0.2, 0.25) is 17.7 Å². The van der Waals surface area contributed by atoms with Gasteiger partial charge in [-0.05, 0) is 49.9 Å². The van der Waals surface area contributed by atoms with Crippen LogP contribution in [0.5, 0.6) is 11.5 Å². The normalized spacial score (nSPS) is 22.9. The summed E-state index contributed by atoms with van der Waals surface area (Å²) in [4.78, 5) is 38.6. The Morgan fingerprint density at radius 2 is 1.94 bits per heavy atom. The molecule has 1 fully saturated rings. The molecule has 3 unspecified atom stereocenters. The minimum absolute atomic E-state index is 0.160. The monoisotopic (exact) mass is 466 g/mol. The van der Waals surface area contributed by atoms with Crippen molar-refractivity contribution in [3.8, 4) is 11.5 Å². The molecule has 1 spiro atoms. The molecule has 3 atom stereocenters. The zero-order chi connectivity index (χ0) is 24.6. The largest absolute Gasteiger partial charge is 0.497 e. The number of methoxy groups -OCH3 is 2. The standard InChI is InChI=1S/C25H30N4O5/c1-13-5-8-17-22(14(13)2)28-24(32)25(17)18(11-15(29-25)6-10-21(26)30)23(31)27-19-12-16(33-3)7-9-20(19)34-4/h5,7-9,12,15,18,29H,6,10-11H2,1-4H3,(H2,26,30)(H,27,31)(H,28,32). The molecular formula is C25H30N4O5. The minimum atomic E-state index is -1.26. The summed E-state index contributed by atoms with van der Waals surface area (Å²) in [6.45, 7) is 3.92. The summed E-state index contributed by atoms with van der Waals surface area (Å²) in [5, 5.41) is 9.34. The van der Waals surface area contributed by atoms with Gasteiger partial charge in [0.25, 0.3) is 0 Å². The molecule has 2 aliphatic heterocycles. The highest BCUT2D eigenvalue weighted by atomic mass is 16.5. The number of primary amides is 1. The number of hydrogen-bond acceptors (Lipinski definition) is 6. The first-order valence-electron chi connectivity index (χ1n) is 11.2. The molecule has 1 saturated heterocycles. The molecule has 3 amide bonds. The predicted molar refractivity (Wildman–Crippen MR) is 128 cm³/mol. The highest BCUT2D eigenvalue weighted by molar-refractivity contribution is 6.11. The van der Waals surface area contributed by atoms with Gasteiger partial charge in [-0.15, -0.1) is 0 Å². The van der Waals surface area contributed by atoms with E-state index in [4.69, 9.17) is 15.2 Å². The van der Waals surface area contributed by atoms with E-state index in [9.17, 15) is 14.4 Å². The van der Waals surface area contributed by atoms with Crippen molar-refractivity contribution in [2.45, 2.75) is 44.7 Å². The van der Waals surface area contributed by atoms with E-state index in [1.165, 1.54) is 14.2 Å². The molecule has 0 aromatic heterocycles. The highest BCUT2D eigenvalue weighted by Crippen LogP contribution is 2.49. The van der Waals surface area contributed by atoms with Crippen LogP contribution >= 0.6 is 0 Å². The SMILES string of the molecule is COc1ccc(OC)c(NC(=O)C2CC(CCC(N)=O)NC23C(=O)Nc2c3ccc(C)c2C)c1. The number of carbonyl (C=O) groups is 3. The zero-order valence-corrected chi connectivity index (χ0v) is 19.8. The summed E-state index contributed by atoms with van der Waals surface area (Å²) in [5.41, 5.74) is 8.01. The molecule has 2 aromatic rings. The van der Waals surface area contributed by atoms with E-state index in [1.54, 1.807) is 18.2 Å². The third-order valence-corrected chi connectivity index (χ3v) is 6.95. The van der Waals surface area contributed by atoms with Crippen LogP contribution in [-0.2, 0) is 19.9 Å². The number of ether oxygens (including phenoxy) is 2. The third-order valence-electron chi connectivity index (χ3n) is 6.95. The van der Waals surface area contributed by atoms with Gasteiger partial charge in [-0.1, -0.05) is 12.1 Å². The van der Waals surface area contributed by atoms with Gasteiger partial charge in [0.05, 0.1) is 25.8 Å². The fourth-order valence-electron chi connectivity index (χ4n) is 5.01. The Kier molecular flexibility index (Phi) is 6.22. The number of carbonyl (C=O) groups excluding carboxylic acids is 3. The summed E-state index contributed by atoms with van der Waals surface area (Å²) in [7, 11) is 3.05. The van der Waals surface area contributed by atoms with E-state index in [1.807, 2.05) is 26.0 Å². The number of nitrogens with one attached hydrogen (secondary N) is 3. The molecule has 34 heavy (non-hydrogen) atoms. The molecule has 0 bridgehead atoms. The maximum absolute atomic E-state index is 13.7. The molecule has 0 aliphatic carbocycles. The van der Waals surface area contributed by atoms with Crippen molar-refractivity contribution in [2.75, 3.05) is 24.9 Å². The number of fused-ring (bicyclic) bond motifs is 2. The zero-order valence-electron chi connectivity index (χ0n) is 19.8. The van der Waals surface area contributed by atoms with Crippen LogP contribution in [0.1, 0.15) is 36.0 Å². The molecule has 4 rings (SSSR count). The molecule has 0 radical (unpaired) electrons. The van der Waals surface area contributed by atoms with Crippen LogP contribution in [0.3, 0.4) is 0 Å². The minimum Gasteiger partial charge on any atom is -0.497 e. The van der Waals surface area contributed by atoms with Crippen LogP contribution in [0.15, 0.2) is 30.3 Å².